The van der Waals surface area contributed by atoms with Crippen LogP contribution in [0.3, 0.4) is 0 Å². The standard InChI is InChI=1S/C54H89F6N9O18/c1-2-3-4-5-7-48(71)65-38(32-82-12-6-9-61-10-14-76-16-18-78-20-22-80-24-26-84-36-41-51(74)49(72)39(34-86-41)66-45-30-62-28-43(68-45)53(55,56)57)33-83-13-8-47(70)64-11-15-77-17-19-79-21-23-81-25-27-85-37-42-52(75)50(73)40(35-87-42)67-46-31-63-29-44(69-46)54(58,59)60/h28-31,38-42,49-52,61,72-75H,2-27,32-37H2,1H3,(H,64,70)(H,65,71)(H,66,68)(H,67,69)/t38?,39-,40-,41+,42+,49+,50+,51-,52-/m0/s1. The van der Waals surface area contributed by atoms with Gasteiger partial charge in [0.25, 0.3) is 0 Å². The number of amides is 2. The number of hydrogen-bond acceptors (Lipinski definition) is 25. The number of alkyl halides is 6. The van der Waals surface area contributed by atoms with Crippen LogP contribution in [0.25, 0.3) is 0 Å². The molecule has 33 heteroatoms. The molecule has 2 aliphatic rings. The number of unbranched alkanes of at least 4 members (excludes halogenated alkanes) is 3. The van der Waals surface area contributed by atoms with Crippen molar-refractivity contribution in [1.29, 1.82) is 0 Å². The summed E-state index contributed by atoms with van der Waals surface area (Å²) in [5.74, 6) is -0.732. The molecule has 0 saturated carbocycles. The molecule has 87 heavy (non-hydrogen) atoms. The first kappa shape index (κ1) is 75.1. The Kier molecular flexibility index (Phi) is 38.1. The first-order valence-corrected chi connectivity index (χ1v) is 29.3. The molecule has 2 saturated heterocycles. The molecule has 9 N–H and O–H groups in total. The third-order valence-electron chi connectivity index (χ3n) is 12.9. The maximum Gasteiger partial charge on any atom is 0.434 e. The van der Waals surface area contributed by atoms with E-state index in [0.717, 1.165) is 44.5 Å². The Morgan fingerprint density at radius 3 is 1.44 bits per heavy atom. The van der Waals surface area contributed by atoms with E-state index in [4.69, 9.17) is 56.8 Å². The van der Waals surface area contributed by atoms with Crippen molar-refractivity contribution < 1.29 is 113 Å². The number of anilines is 2. The second-order valence-electron chi connectivity index (χ2n) is 20.0. The summed E-state index contributed by atoms with van der Waals surface area (Å²) in [6.07, 6.45) is -8.15. The summed E-state index contributed by atoms with van der Waals surface area (Å²) >= 11 is 0. The van der Waals surface area contributed by atoms with E-state index in [1.165, 1.54) is 0 Å². The molecule has 0 radical (unpaired) electrons. The highest BCUT2D eigenvalue weighted by atomic mass is 19.4. The zero-order valence-electron chi connectivity index (χ0n) is 49.2. The molecule has 2 aromatic rings. The molecule has 0 aromatic carbocycles. The summed E-state index contributed by atoms with van der Waals surface area (Å²) in [5, 5.41) is 56.3. The summed E-state index contributed by atoms with van der Waals surface area (Å²) in [7, 11) is 0. The Balaban J connectivity index is 0.897. The summed E-state index contributed by atoms with van der Waals surface area (Å²) in [6, 6.07) is -2.24. The molecule has 2 aromatic heterocycles. The average molecular weight is 1270 g/mol. The van der Waals surface area contributed by atoms with Crippen molar-refractivity contribution in [1.82, 2.24) is 35.9 Å². The highest BCUT2D eigenvalue weighted by Gasteiger charge is 2.41. The zero-order chi connectivity index (χ0) is 63.0. The molecule has 0 bridgehead atoms. The largest absolute Gasteiger partial charge is 0.434 e. The van der Waals surface area contributed by atoms with Gasteiger partial charge in [0, 0.05) is 32.5 Å². The van der Waals surface area contributed by atoms with E-state index in [0.29, 0.717) is 97.9 Å². The lowest BCUT2D eigenvalue weighted by atomic mass is 9.98. The number of aliphatic hydroxyl groups is 4. The molecular formula is C54H89F6N9O18. The smallest absolute Gasteiger partial charge is 0.388 e. The number of aliphatic hydroxyl groups excluding tert-OH is 4. The quantitative estimate of drug-likeness (QED) is 0.0328. The zero-order valence-corrected chi connectivity index (χ0v) is 49.2. The third kappa shape index (κ3) is 32.8. The van der Waals surface area contributed by atoms with Crippen molar-refractivity contribution >= 4 is 23.5 Å². The van der Waals surface area contributed by atoms with Gasteiger partial charge in [-0.2, -0.15) is 26.3 Å². The molecule has 2 aliphatic heterocycles. The number of nitrogens with one attached hydrogen (secondary N) is 5. The minimum absolute atomic E-state index is 0.0428. The van der Waals surface area contributed by atoms with Gasteiger partial charge < -0.3 is 104 Å². The molecule has 0 spiro atoms. The van der Waals surface area contributed by atoms with E-state index < -0.39 is 72.4 Å². The number of halogens is 6. The Morgan fingerprint density at radius 1 is 0.517 bits per heavy atom. The third-order valence-corrected chi connectivity index (χ3v) is 12.9. The van der Waals surface area contributed by atoms with Crippen LogP contribution in [-0.4, -0.2) is 272 Å². The van der Waals surface area contributed by atoms with Crippen LogP contribution in [0.2, 0.25) is 0 Å². The monoisotopic (exact) mass is 1270 g/mol. The Labute approximate surface area is 502 Å². The van der Waals surface area contributed by atoms with Crippen LogP contribution < -0.4 is 26.6 Å². The van der Waals surface area contributed by atoms with E-state index >= 15 is 0 Å². The maximum atomic E-state index is 13.0. The van der Waals surface area contributed by atoms with Crippen molar-refractivity contribution in [3.8, 4) is 0 Å². The van der Waals surface area contributed by atoms with Crippen LogP contribution in [0, 0.1) is 0 Å². The van der Waals surface area contributed by atoms with Gasteiger partial charge in [0.05, 0.1) is 182 Å². The Morgan fingerprint density at radius 2 is 0.966 bits per heavy atom. The Hall–Kier alpha value is -4.40. The van der Waals surface area contributed by atoms with Crippen LogP contribution >= 0.6 is 0 Å². The van der Waals surface area contributed by atoms with Crippen molar-refractivity contribution in [2.45, 2.75) is 119 Å². The molecule has 9 atom stereocenters. The molecule has 1 unspecified atom stereocenters. The fraction of sp³-hybridized carbons (Fsp3) is 0.815. The molecule has 2 fully saturated rings. The van der Waals surface area contributed by atoms with Crippen LogP contribution in [0.1, 0.15) is 63.3 Å². The second kappa shape index (κ2) is 44.1. The lowest BCUT2D eigenvalue weighted by molar-refractivity contribution is -0.161. The minimum atomic E-state index is -4.69. The van der Waals surface area contributed by atoms with Crippen LogP contribution in [0.5, 0.6) is 0 Å². The SMILES string of the molecule is CCCCCCC(=O)NC(COCCCNCCOCCOCCOCCOC[C@H]1OC[C@H](Nc2cncc(C(F)(F)F)n2)[C@@H](O)[C@H]1O)COCCC(=O)NCCOCCOCCOCCOC[C@H]1OC[C@H](Nc2cncc(C(F)(F)F)n2)[C@@H](O)[C@H]1O. The van der Waals surface area contributed by atoms with Gasteiger partial charge in [-0.05, 0) is 19.4 Å². The highest BCUT2D eigenvalue weighted by Crippen LogP contribution is 2.29. The summed E-state index contributed by atoms with van der Waals surface area (Å²) in [5.41, 5.74) is -2.40. The van der Waals surface area contributed by atoms with Gasteiger partial charge in [-0.3, -0.25) is 19.6 Å². The van der Waals surface area contributed by atoms with Crippen molar-refractivity contribution in [2.75, 3.05) is 176 Å². The first-order chi connectivity index (χ1) is 42.0. The minimum Gasteiger partial charge on any atom is -0.388 e. The van der Waals surface area contributed by atoms with E-state index in [-0.39, 0.29) is 122 Å². The number of rotatable bonds is 49. The van der Waals surface area contributed by atoms with Gasteiger partial charge in [-0.25, -0.2) is 9.97 Å². The number of nitrogens with zero attached hydrogens (tertiary/aromatic N) is 4. The summed E-state index contributed by atoms with van der Waals surface area (Å²) in [6.45, 7) is 8.58. The molecule has 0 aliphatic carbocycles. The predicted molar refractivity (Wildman–Crippen MR) is 296 cm³/mol. The normalized spacial score (nSPS) is 21.2. The lowest BCUT2D eigenvalue weighted by Gasteiger charge is -2.38. The first-order valence-electron chi connectivity index (χ1n) is 29.3. The maximum absolute atomic E-state index is 13.0. The van der Waals surface area contributed by atoms with E-state index in [9.17, 15) is 56.4 Å². The Bertz CT molecular complexity index is 2130. The van der Waals surface area contributed by atoms with Crippen molar-refractivity contribution in [3.63, 3.8) is 0 Å². The summed E-state index contributed by atoms with van der Waals surface area (Å²) in [4.78, 5) is 39.0. The molecule has 4 heterocycles. The average Bonchev–Trinajstić information content (AvgIpc) is 1.78. The van der Waals surface area contributed by atoms with Gasteiger partial charge in [0.15, 0.2) is 11.4 Å². The molecular weight excluding hydrogens is 1180 g/mol. The molecule has 2 amide bonds. The topological polar surface area (TPSA) is 338 Å². The van der Waals surface area contributed by atoms with E-state index in [2.05, 4.69) is 53.4 Å². The second-order valence-corrected chi connectivity index (χ2v) is 20.0. The van der Waals surface area contributed by atoms with E-state index in [1.807, 2.05) is 0 Å². The lowest BCUT2D eigenvalue weighted by Crippen LogP contribution is -2.57. The van der Waals surface area contributed by atoms with Crippen LogP contribution in [0.15, 0.2) is 24.8 Å². The van der Waals surface area contributed by atoms with E-state index in [1.54, 1.807) is 0 Å². The van der Waals surface area contributed by atoms with Crippen molar-refractivity contribution in [2.24, 2.45) is 0 Å². The van der Waals surface area contributed by atoms with Gasteiger partial charge in [0.2, 0.25) is 11.8 Å². The van der Waals surface area contributed by atoms with Crippen LogP contribution in [-0.2, 0) is 78.8 Å². The molecule has 4 rings (SSSR count). The van der Waals surface area contributed by atoms with Crippen LogP contribution in [0.4, 0.5) is 38.0 Å². The highest BCUT2D eigenvalue weighted by molar-refractivity contribution is 5.76. The number of aromatic nitrogens is 4. The number of ether oxygens (including phenoxy) is 12. The number of hydrogen-bond donors (Lipinski definition) is 9. The van der Waals surface area contributed by atoms with Gasteiger partial charge >= 0.3 is 12.4 Å². The number of carbonyl (C=O) groups excluding carboxylic acids is 2. The van der Waals surface area contributed by atoms with Gasteiger partial charge in [0.1, 0.15) is 48.3 Å². The summed E-state index contributed by atoms with van der Waals surface area (Å²) < 4.78 is 145. The van der Waals surface area contributed by atoms with Gasteiger partial charge in [-0.15, -0.1) is 0 Å². The van der Waals surface area contributed by atoms with Crippen molar-refractivity contribution in [3.05, 3.63) is 36.2 Å². The number of carbonyl (C=O) groups is 2. The fourth-order valence-corrected chi connectivity index (χ4v) is 8.23. The van der Waals surface area contributed by atoms with Gasteiger partial charge in [-0.1, -0.05) is 26.2 Å². The molecule has 27 nitrogen and oxygen atoms in total. The fourth-order valence-electron chi connectivity index (χ4n) is 8.23. The predicted octanol–water partition coefficient (Wildman–Crippen LogP) is 0.914. The molecule has 500 valence electrons.